The van der Waals surface area contributed by atoms with Crippen LogP contribution >= 0.6 is 0 Å². The lowest BCUT2D eigenvalue weighted by atomic mass is 10.0. The maximum atomic E-state index is 12.1. The van der Waals surface area contributed by atoms with E-state index in [1.54, 1.807) is 0 Å². The van der Waals surface area contributed by atoms with Gasteiger partial charge in [0.1, 0.15) is 5.75 Å². The molecule has 0 aliphatic carbocycles. The third-order valence-electron chi connectivity index (χ3n) is 3.88. The van der Waals surface area contributed by atoms with E-state index in [0.717, 1.165) is 18.4 Å². The molecule has 0 aromatic heterocycles. The Bertz CT molecular complexity index is 792. The number of hydrogen-bond acceptors (Lipinski definition) is 6. The summed E-state index contributed by atoms with van der Waals surface area (Å²) >= 11 is 0. The van der Waals surface area contributed by atoms with Crippen LogP contribution < -0.4 is 10.1 Å². The number of esters is 1. The second kappa shape index (κ2) is 10.7. The first-order chi connectivity index (χ1) is 13.5. The van der Waals surface area contributed by atoms with Gasteiger partial charge in [-0.15, -0.1) is 0 Å². The Kier molecular flexibility index (Phi) is 7.95. The first-order valence-electron chi connectivity index (χ1n) is 8.86. The molecule has 1 atom stereocenters. The van der Waals surface area contributed by atoms with Crippen LogP contribution in [0, 0.1) is 10.1 Å². The third-order valence-corrected chi connectivity index (χ3v) is 3.88. The molecule has 2 aromatic carbocycles. The Morgan fingerprint density at radius 1 is 1.07 bits per heavy atom. The zero-order valence-corrected chi connectivity index (χ0v) is 15.5. The molecule has 0 radical (unpaired) electrons. The lowest BCUT2D eigenvalue weighted by Gasteiger charge is -2.18. The average Bonchev–Trinajstić information content (AvgIpc) is 2.71. The van der Waals surface area contributed by atoms with Crippen molar-refractivity contribution >= 4 is 17.6 Å². The van der Waals surface area contributed by atoms with Gasteiger partial charge < -0.3 is 14.8 Å². The molecule has 2 aromatic rings. The Labute approximate surface area is 162 Å². The number of benzene rings is 2. The molecule has 1 amide bonds. The van der Waals surface area contributed by atoms with Crippen molar-refractivity contribution in [2.24, 2.45) is 0 Å². The number of nitrogens with zero attached hydrogens (tertiary/aromatic N) is 1. The Balaban J connectivity index is 1.76. The Morgan fingerprint density at radius 2 is 1.75 bits per heavy atom. The minimum Gasteiger partial charge on any atom is -0.482 e. The highest BCUT2D eigenvalue weighted by Gasteiger charge is 2.15. The van der Waals surface area contributed by atoms with Gasteiger partial charge in [0.2, 0.25) is 0 Å². The normalized spacial score (nSPS) is 11.3. The van der Waals surface area contributed by atoms with Crippen molar-refractivity contribution in [3.8, 4) is 5.75 Å². The highest BCUT2D eigenvalue weighted by atomic mass is 16.6. The maximum Gasteiger partial charge on any atom is 0.344 e. The summed E-state index contributed by atoms with van der Waals surface area (Å²) in [6, 6.07) is 14.7. The van der Waals surface area contributed by atoms with E-state index in [1.807, 2.05) is 37.3 Å². The van der Waals surface area contributed by atoms with E-state index in [0.29, 0.717) is 5.75 Å². The number of hydrogen-bond donors (Lipinski definition) is 1. The monoisotopic (exact) mass is 386 g/mol. The average molecular weight is 386 g/mol. The van der Waals surface area contributed by atoms with Crippen LogP contribution in [0.25, 0.3) is 0 Å². The van der Waals surface area contributed by atoms with E-state index in [2.05, 4.69) is 5.32 Å². The van der Waals surface area contributed by atoms with E-state index in [4.69, 9.17) is 9.47 Å². The van der Waals surface area contributed by atoms with Crippen molar-refractivity contribution in [1.29, 1.82) is 0 Å². The predicted octanol–water partition coefficient (Wildman–Crippen LogP) is 3.17. The van der Waals surface area contributed by atoms with Gasteiger partial charge in [-0.2, -0.15) is 0 Å². The molecule has 0 saturated carbocycles. The Hall–Kier alpha value is -3.42. The molecule has 8 heteroatoms. The summed E-state index contributed by atoms with van der Waals surface area (Å²) in [5.74, 6) is -0.815. The van der Waals surface area contributed by atoms with Crippen LogP contribution in [0.5, 0.6) is 5.75 Å². The van der Waals surface area contributed by atoms with Crippen molar-refractivity contribution in [1.82, 2.24) is 5.32 Å². The second-order valence-electron chi connectivity index (χ2n) is 6.02. The summed E-state index contributed by atoms with van der Waals surface area (Å²) in [4.78, 5) is 33.9. The smallest absolute Gasteiger partial charge is 0.344 e. The summed E-state index contributed by atoms with van der Waals surface area (Å²) in [6.07, 6.45) is 1.66. The number of nitrogens with one attached hydrogen (secondary N) is 1. The van der Waals surface area contributed by atoms with Gasteiger partial charge in [0.05, 0.1) is 11.0 Å². The summed E-state index contributed by atoms with van der Waals surface area (Å²) in [7, 11) is 0. The molecule has 0 heterocycles. The lowest BCUT2D eigenvalue weighted by Crippen LogP contribution is -2.33. The fourth-order valence-corrected chi connectivity index (χ4v) is 2.53. The van der Waals surface area contributed by atoms with Gasteiger partial charge in [0, 0.05) is 12.1 Å². The first kappa shape index (κ1) is 20.9. The van der Waals surface area contributed by atoms with Crippen LogP contribution in [-0.2, 0) is 14.3 Å². The molecule has 0 bridgehead atoms. The van der Waals surface area contributed by atoms with Gasteiger partial charge >= 0.3 is 5.97 Å². The van der Waals surface area contributed by atoms with E-state index in [-0.39, 0.29) is 11.7 Å². The number of rotatable bonds is 10. The molecule has 148 valence electrons. The van der Waals surface area contributed by atoms with Crippen molar-refractivity contribution in [2.45, 2.75) is 25.8 Å². The van der Waals surface area contributed by atoms with Gasteiger partial charge in [-0.25, -0.2) is 4.79 Å². The quantitative estimate of drug-likeness (QED) is 0.382. The number of amides is 1. The van der Waals surface area contributed by atoms with E-state index in [1.165, 1.54) is 24.3 Å². The fraction of sp³-hybridized carbons (Fsp3) is 0.300. The van der Waals surface area contributed by atoms with Gasteiger partial charge in [-0.3, -0.25) is 14.9 Å². The maximum absolute atomic E-state index is 12.1. The van der Waals surface area contributed by atoms with Gasteiger partial charge in [-0.1, -0.05) is 43.7 Å². The lowest BCUT2D eigenvalue weighted by molar-refractivity contribution is -0.384. The summed E-state index contributed by atoms with van der Waals surface area (Å²) in [5, 5.41) is 13.4. The molecule has 2 rings (SSSR count). The highest BCUT2D eigenvalue weighted by molar-refractivity contribution is 5.81. The largest absolute Gasteiger partial charge is 0.482 e. The van der Waals surface area contributed by atoms with E-state index < -0.39 is 30.0 Å². The number of nitro benzene ring substituents is 1. The summed E-state index contributed by atoms with van der Waals surface area (Å²) in [5.41, 5.74) is 0.914. The highest BCUT2D eigenvalue weighted by Crippen LogP contribution is 2.18. The van der Waals surface area contributed by atoms with Crippen LogP contribution in [0.3, 0.4) is 0 Å². The molecule has 0 unspecified atom stereocenters. The molecule has 8 nitrogen and oxygen atoms in total. The Morgan fingerprint density at radius 3 is 2.36 bits per heavy atom. The number of non-ortho nitro benzene ring substituents is 1. The fourth-order valence-electron chi connectivity index (χ4n) is 2.53. The van der Waals surface area contributed by atoms with E-state index in [9.17, 15) is 19.7 Å². The number of carbonyl (C=O) groups excluding carboxylic acids is 2. The van der Waals surface area contributed by atoms with Crippen molar-refractivity contribution in [2.75, 3.05) is 13.2 Å². The zero-order chi connectivity index (χ0) is 20.4. The molecule has 0 spiro atoms. The molecular weight excluding hydrogens is 364 g/mol. The minimum absolute atomic E-state index is 0.0772. The summed E-state index contributed by atoms with van der Waals surface area (Å²) in [6.45, 7) is 1.22. The molecule has 0 aliphatic rings. The second-order valence-corrected chi connectivity index (χ2v) is 6.02. The first-order valence-corrected chi connectivity index (χ1v) is 8.86. The van der Waals surface area contributed by atoms with Gasteiger partial charge in [0.15, 0.2) is 13.2 Å². The van der Waals surface area contributed by atoms with Crippen molar-refractivity contribution in [3.63, 3.8) is 0 Å². The zero-order valence-electron chi connectivity index (χ0n) is 15.5. The molecule has 0 fully saturated rings. The number of carbonyl (C=O) groups is 2. The number of ether oxygens (including phenoxy) is 2. The SMILES string of the molecule is CCC[C@H](NC(=O)COC(=O)COc1ccc([N+](=O)[O-])cc1)c1ccccc1. The predicted molar refractivity (Wildman–Crippen MR) is 102 cm³/mol. The van der Waals surface area contributed by atoms with Crippen LogP contribution in [0.4, 0.5) is 5.69 Å². The minimum atomic E-state index is -0.708. The van der Waals surface area contributed by atoms with Gasteiger partial charge in [0.25, 0.3) is 11.6 Å². The molecule has 0 saturated heterocycles. The molecule has 1 N–H and O–H groups in total. The van der Waals surface area contributed by atoms with Crippen LogP contribution in [0.2, 0.25) is 0 Å². The molecule has 0 aliphatic heterocycles. The van der Waals surface area contributed by atoms with Crippen LogP contribution in [0.1, 0.15) is 31.4 Å². The summed E-state index contributed by atoms with van der Waals surface area (Å²) < 4.78 is 10.1. The van der Waals surface area contributed by atoms with Gasteiger partial charge in [-0.05, 0) is 24.1 Å². The third kappa shape index (κ3) is 6.71. The molecular formula is C20H22N2O6. The van der Waals surface area contributed by atoms with Crippen LogP contribution in [0.15, 0.2) is 54.6 Å². The van der Waals surface area contributed by atoms with Crippen molar-refractivity contribution < 1.29 is 24.0 Å². The number of nitro groups is 1. The van der Waals surface area contributed by atoms with Crippen molar-refractivity contribution in [3.05, 3.63) is 70.3 Å². The standard InChI is InChI=1S/C20H22N2O6/c1-2-6-18(15-7-4-3-5-8-15)21-19(23)13-28-20(24)14-27-17-11-9-16(10-12-17)22(25)26/h3-5,7-12,18H,2,6,13-14H2,1H3,(H,21,23)/t18-/m0/s1. The molecule has 28 heavy (non-hydrogen) atoms. The van der Waals surface area contributed by atoms with E-state index >= 15 is 0 Å². The van der Waals surface area contributed by atoms with Crippen LogP contribution in [-0.4, -0.2) is 30.0 Å². The topological polar surface area (TPSA) is 108 Å².